The highest BCUT2D eigenvalue weighted by Gasteiger charge is 2.15. The maximum Gasteiger partial charge on any atom is 0.182 e. The Labute approximate surface area is 127 Å². The number of aromatic hydroxyl groups is 1. The Balaban J connectivity index is 1.96. The second-order valence-electron chi connectivity index (χ2n) is 4.84. The van der Waals surface area contributed by atoms with Crippen LogP contribution in [0.2, 0.25) is 0 Å². The van der Waals surface area contributed by atoms with Crippen molar-refractivity contribution in [3.05, 3.63) is 42.5 Å². The molecule has 0 saturated heterocycles. The van der Waals surface area contributed by atoms with Gasteiger partial charge in [-0.15, -0.1) is 0 Å². The average Bonchev–Trinajstić information content (AvgIpc) is 3.02. The second kappa shape index (κ2) is 6.40. The summed E-state index contributed by atoms with van der Waals surface area (Å²) in [4.78, 5) is 17.7. The molecule has 2 N–H and O–H groups in total. The number of methoxy groups -OCH3 is 1. The van der Waals surface area contributed by atoms with E-state index in [1.807, 2.05) is 17.0 Å². The number of nitrogens with zero attached hydrogens (tertiary/aromatic N) is 4. The van der Waals surface area contributed by atoms with Crippen LogP contribution in [-0.4, -0.2) is 45.3 Å². The van der Waals surface area contributed by atoms with Crippen molar-refractivity contribution >= 4 is 17.0 Å². The van der Waals surface area contributed by atoms with E-state index in [0.29, 0.717) is 25.3 Å². The van der Waals surface area contributed by atoms with Gasteiger partial charge in [-0.05, 0) is 6.07 Å². The Kier molecular flexibility index (Phi) is 4.15. The minimum Gasteiger partial charge on any atom is -0.508 e. The Morgan fingerprint density at radius 2 is 2.09 bits per heavy atom. The molecule has 2 aromatic heterocycles. The van der Waals surface area contributed by atoms with E-state index >= 15 is 0 Å². The highest BCUT2D eigenvalue weighted by atomic mass is 16.5. The number of phenolic OH excluding ortho intramolecular Hbond substituents is 1. The molecule has 1 aromatic carbocycles. The number of phenols is 1. The van der Waals surface area contributed by atoms with Crippen molar-refractivity contribution in [2.75, 3.05) is 25.2 Å². The second-order valence-corrected chi connectivity index (χ2v) is 4.84. The third kappa shape index (κ3) is 2.84. The lowest BCUT2D eigenvalue weighted by molar-refractivity contribution is 0.205. The normalized spacial score (nSPS) is 11.0. The molecule has 0 atom stereocenters. The van der Waals surface area contributed by atoms with Crippen LogP contribution >= 0.6 is 0 Å². The fraction of sp³-hybridized carbons (Fsp3) is 0.267. The van der Waals surface area contributed by atoms with Gasteiger partial charge in [0.05, 0.1) is 12.9 Å². The first-order valence-corrected chi connectivity index (χ1v) is 6.94. The number of imidazole rings is 1. The van der Waals surface area contributed by atoms with E-state index in [2.05, 4.69) is 19.9 Å². The van der Waals surface area contributed by atoms with Gasteiger partial charge in [0.1, 0.15) is 17.6 Å². The van der Waals surface area contributed by atoms with E-state index in [1.54, 1.807) is 25.6 Å². The van der Waals surface area contributed by atoms with Crippen molar-refractivity contribution in [1.29, 1.82) is 0 Å². The summed E-state index contributed by atoms with van der Waals surface area (Å²) in [6, 6.07) is 7.27. The fourth-order valence-corrected chi connectivity index (χ4v) is 2.30. The van der Waals surface area contributed by atoms with Crippen LogP contribution in [0, 0.1) is 0 Å². The zero-order valence-electron chi connectivity index (χ0n) is 12.2. The summed E-state index contributed by atoms with van der Waals surface area (Å²) in [7, 11) is 1.66. The zero-order valence-corrected chi connectivity index (χ0v) is 12.2. The average molecular weight is 299 g/mol. The molecule has 0 bridgehead atoms. The predicted octanol–water partition coefficient (Wildman–Crippen LogP) is 1.71. The molecule has 0 radical (unpaired) electrons. The van der Waals surface area contributed by atoms with Crippen LogP contribution in [0.4, 0.5) is 5.82 Å². The summed E-state index contributed by atoms with van der Waals surface area (Å²) in [5, 5.41) is 9.99. The quantitative estimate of drug-likeness (QED) is 0.720. The number of aromatic nitrogens is 4. The van der Waals surface area contributed by atoms with E-state index < -0.39 is 0 Å². The third-order valence-corrected chi connectivity index (χ3v) is 3.42. The topological polar surface area (TPSA) is 87.2 Å². The van der Waals surface area contributed by atoms with Crippen molar-refractivity contribution in [1.82, 2.24) is 19.9 Å². The van der Waals surface area contributed by atoms with E-state index in [4.69, 9.17) is 4.74 Å². The summed E-state index contributed by atoms with van der Waals surface area (Å²) < 4.78 is 5.18. The van der Waals surface area contributed by atoms with E-state index in [1.165, 1.54) is 6.33 Å². The number of aromatic amines is 1. The van der Waals surface area contributed by atoms with Gasteiger partial charge in [-0.1, -0.05) is 18.2 Å². The van der Waals surface area contributed by atoms with Gasteiger partial charge in [-0.3, -0.25) is 0 Å². The number of nitrogens with one attached hydrogen (secondary N) is 1. The van der Waals surface area contributed by atoms with Crippen LogP contribution < -0.4 is 4.90 Å². The highest BCUT2D eigenvalue weighted by Crippen LogP contribution is 2.24. The predicted molar refractivity (Wildman–Crippen MR) is 82.7 cm³/mol. The number of para-hydroxylation sites is 1. The molecule has 7 nitrogen and oxygen atoms in total. The van der Waals surface area contributed by atoms with Gasteiger partial charge < -0.3 is 19.7 Å². The Bertz CT molecular complexity index is 758. The smallest absolute Gasteiger partial charge is 0.182 e. The molecule has 0 aliphatic heterocycles. The number of benzene rings is 1. The number of fused-ring (bicyclic) bond motifs is 1. The number of hydrogen-bond donors (Lipinski definition) is 2. The molecule has 0 aliphatic rings. The monoisotopic (exact) mass is 299 g/mol. The van der Waals surface area contributed by atoms with Gasteiger partial charge >= 0.3 is 0 Å². The SMILES string of the molecule is COCCN(Cc1ccccc1O)c1ncnc2nc[nH]c12. The Morgan fingerprint density at radius 3 is 2.91 bits per heavy atom. The van der Waals surface area contributed by atoms with Crippen LogP contribution in [0.5, 0.6) is 5.75 Å². The number of anilines is 1. The third-order valence-electron chi connectivity index (χ3n) is 3.42. The molecule has 0 spiro atoms. The van der Waals surface area contributed by atoms with E-state index in [9.17, 15) is 5.11 Å². The van der Waals surface area contributed by atoms with Gasteiger partial charge in [-0.2, -0.15) is 0 Å². The highest BCUT2D eigenvalue weighted by molar-refractivity contribution is 5.82. The molecule has 2 heterocycles. The Hall–Kier alpha value is -2.67. The lowest BCUT2D eigenvalue weighted by Crippen LogP contribution is -2.28. The molecule has 3 rings (SSSR count). The molecule has 0 fully saturated rings. The molecule has 0 unspecified atom stereocenters. The number of hydrogen-bond acceptors (Lipinski definition) is 6. The van der Waals surface area contributed by atoms with Crippen molar-refractivity contribution in [3.8, 4) is 5.75 Å². The summed E-state index contributed by atoms with van der Waals surface area (Å²) >= 11 is 0. The van der Waals surface area contributed by atoms with Crippen LogP contribution in [0.15, 0.2) is 36.9 Å². The minimum absolute atomic E-state index is 0.264. The van der Waals surface area contributed by atoms with Crippen molar-refractivity contribution < 1.29 is 9.84 Å². The summed E-state index contributed by atoms with van der Waals surface area (Å²) in [5.74, 6) is 1.00. The Morgan fingerprint density at radius 1 is 1.23 bits per heavy atom. The minimum atomic E-state index is 0.264. The lowest BCUT2D eigenvalue weighted by atomic mass is 10.2. The fourth-order valence-electron chi connectivity index (χ4n) is 2.30. The molecular weight excluding hydrogens is 282 g/mol. The number of H-pyrrole nitrogens is 1. The van der Waals surface area contributed by atoms with Crippen LogP contribution in [0.1, 0.15) is 5.56 Å². The summed E-state index contributed by atoms with van der Waals surface area (Å²) in [6.07, 6.45) is 3.08. The molecule has 0 amide bonds. The van der Waals surface area contributed by atoms with Crippen molar-refractivity contribution in [2.45, 2.75) is 6.54 Å². The molecule has 22 heavy (non-hydrogen) atoms. The standard InChI is InChI=1S/C15H17N5O2/c1-22-7-6-20(8-11-4-2-3-5-12(11)21)15-13-14(17-9-16-13)18-10-19-15/h2-5,9-10,21H,6-8H2,1H3,(H,16,17,18,19). The van der Waals surface area contributed by atoms with Gasteiger partial charge in [0.15, 0.2) is 11.5 Å². The van der Waals surface area contributed by atoms with Gasteiger partial charge in [0.25, 0.3) is 0 Å². The summed E-state index contributed by atoms with van der Waals surface area (Å²) in [6.45, 7) is 1.70. The molecule has 0 saturated carbocycles. The first kappa shape index (κ1) is 14.3. The molecule has 7 heteroatoms. The molecule has 0 aliphatic carbocycles. The molecule has 114 valence electrons. The maximum absolute atomic E-state index is 9.99. The van der Waals surface area contributed by atoms with Crippen LogP contribution in [0.25, 0.3) is 11.2 Å². The zero-order chi connectivity index (χ0) is 15.4. The number of ether oxygens (including phenoxy) is 1. The largest absolute Gasteiger partial charge is 0.508 e. The van der Waals surface area contributed by atoms with Gasteiger partial charge in [-0.25, -0.2) is 15.0 Å². The van der Waals surface area contributed by atoms with Crippen LogP contribution in [-0.2, 0) is 11.3 Å². The maximum atomic E-state index is 9.99. The van der Waals surface area contributed by atoms with E-state index in [0.717, 1.165) is 16.9 Å². The molecular formula is C15H17N5O2. The van der Waals surface area contributed by atoms with Gasteiger partial charge in [0, 0.05) is 25.8 Å². The van der Waals surface area contributed by atoms with Gasteiger partial charge in [0.2, 0.25) is 0 Å². The first-order valence-electron chi connectivity index (χ1n) is 6.94. The van der Waals surface area contributed by atoms with Crippen LogP contribution in [0.3, 0.4) is 0 Å². The van der Waals surface area contributed by atoms with Crippen molar-refractivity contribution in [3.63, 3.8) is 0 Å². The van der Waals surface area contributed by atoms with E-state index in [-0.39, 0.29) is 5.75 Å². The summed E-state index contributed by atoms with van der Waals surface area (Å²) in [5.41, 5.74) is 2.21. The van der Waals surface area contributed by atoms with Crippen molar-refractivity contribution in [2.24, 2.45) is 0 Å². The lowest BCUT2D eigenvalue weighted by Gasteiger charge is -2.24. The number of rotatable bonds is 6. The molecule has 3 aromatic rings. The first-order chi connectivity index (χ1) is 10.8.